The second-order valence-electron chi connectivity index (χ2n) is 9.44. The van der Waals surface area contributed by atoms with Crippen LogP contribution in [0.15, 0.2) is 66.9 Å². The number of carbonyl (C=O) groups is 2. The summed E-state index contributed by atoms with van der Waals surface area (Å²) in [5.41, 5.74) is 2.93. The van der Waals surface area contributed by atoms with Crippen LogP contribution in [-0.4, -0.2) is 70.6 Å². The van der Waals surface area contributed by atoms with E-state index in [-0.39, 0.29) is 35.8 Å². The minimum absolute atomic E-state index is 0.125. The third kappa shape index (κ3) is 5.63. The number of aromatic nitrogens is 1. The lowest BCUT2D eigenvalue weighted by molar-refractivity contribution is 0.0313. The molecule has 2 heterocycles. The van der Waals surface area contributed by atoms with Crippen molar-refractivity contribution in [2.24, 2.45) is 5.92 Å². The Morgan fingerprint density at radius 3 is 2.57 bits per heavy atom. The van der Waals surface area contributed by atoms with Gasteiger partial charge in [-0.2, -0.15) is 5.26 Å². The van der Waals surface area contributed by atoms with Crippen LogP contribution in [-0.2, 0) is 0 Å². The molecule has 2 amide bonds. The number of nitriles is 1. The van der Waals surface area contributed by atoms with Gasteiger partial charge in [0.05, 0.1) is 30.8 Å². The summed E-state index contributed by atoms with van der Waals surface area (Å²) < 4.78 is 6.31. The molecule has 4 rings (SSSR count). The summed E-state index contributed by atoms with van der Waals surface area (Å²) in [4.78, 5) is 34.4. The van der Waals surface area contributed by atoms with Gasteiger partial charge in [0.2, 0.25) is 5.88 Å². The highest BCUT2D eigenvalue weighted by Gasteiger charge is 2.35. The van der Waals surface area contributed by atoms with Crippen molar-refractivity contribution in [2.75, 3.05) is 26.7 Å². The number of carbonyl (C=O) groups excluding carboxylic acids is 2. The van der Waals surface area contributed by atoms with E-state index in [4.69, 9.17) is 10.00 Å². The molecule has 1 aromatic heterocycles. The fraction of sp³-hybridized carbons (Fsp3) is 0.310. The van der Waals surface area contributed by atoms with Gasteiger partial charge < -0.3 is 19.6 Å². The Bertz CT molecular complexity index is 1300. The van der Waals surface area contributed by atoms with Gasteiger partial charge in [0, 0.05) is 36.8 Å². The minimum Gasteiger partial charge on any atom is -0.472 e. The van der Waals surface area contributed by atoms with Crippen LogP contribution in [0.1, 0.15) is 40.1 Å². The van der Waals surface area contributed by atoms with Crippen molar-refractivity contribution in [3.05, 3.63) is 83.6 Å². The molecule has 0 saturated heterocycles. The highest BCUT2D eigenvalue weighted by atomic mass is 16.5. The molecule has 8 heteroatoms. The third-order valence-corrected chi connectivity index (χ3v) is 6.69. The number of hydrogen-bond donors (Lipinski definition) is 1. The molecule has 0 saturated carbocycles. The minimum atomic E-state index is -0.439. The van der Waals surface area contributed by atoms with E-state index in [1.165, 1.54) is 0 Å². The number of hydrogen-bond acceptors (Lipinski definition) is 6. The van der Waals surface area contributed by atoms with Crippen molar-refractivity contribution in [3.8, 4) is 23.1 Å². The van der Waals surface area contributed by atoms with E-state index in [0.29, 0.717) is 29.8 Å². The summed E-state index contributed by atoms with van der Waals surface area (Å²) in [7, 11) is 1.73. The molecule has 1 aliphatic rings. The third-order valence-electron chi connectivity index (χ3n) is 6.69. The predicted molar refractivity (Wildman–Crippen MR) is 139 cm³/mol. The molecule has 1 N–H and O–H groups in total. The van der Waals surface area contributed by atoms with Gasteiger partial charge in [-0.3, -0.25) is 9.59 Å². The number of pyridine rings is 1. The average Bonchev–Trinajstić information content (AvgIpc) is 2.94. The summed E-state index contributed by atoms with van der Waals surface area (Å²) in [6.45, 7) is 4.22. The molecule has 37 heavy (non-hydrogen) atoms. The van der Waals surface area contributed by atoms with Crippen LogP contribution in [0.2, 0.25) is 0 Å². The first-order chi connectivity index (χ1) is 17.8. The van der Waals surface area contributed by atoms with Gasteiger partial charge in [-0.25, -0.2) is 4.98 Å². The smallest absolute Gasteiger partial charge is 0.259 e. The van der Waals surface area contributed by atoms with Crippen LogP contribution in [0.3, 0.4) is 0 Å². The molecule has 0 radical (unpaired) electrons. The normalized spacial score (nSPS) is 18.0. The molecule has 0 fully saturated rings. The maximum absolute atomic E-state index is 13.6. The van der Waals surface area contributed by atoms with Gasteiger partial charge in [0.25, 0.3) is 11.8 Å². The fourth-order valence-electron chi connectivity index (χ4n) is 4.37. The van der Waals surface area contributed by atoms with E-state index in [2.05, 4.69) is 11.1 Å². The Morgan fingerprint density at radius 1 is 1.22 bits per heavy atom. The summed E-state index contributed by atoms with van der Waals surface area (Å²) in [5.74, 6) is -0.357. The topological polar surface area (TPSA) is 107 Å². The van der Waals surface area contributed by atoms with E-state index in [1.807, 2.05) is 25.1 Å². The quantitative estimate of drug-likeness (QED) is 0.556. The maximum atomic E-state index is 13.6. The number of aliphatic hydroxyl groups is 1. The van der Waals surface area contributed by atoms with Crippen molar-refractivity contribution >= 4 is 11.8 Å². The molecule has 0 bridgehead atoms. The SMILES string of the molecule is C[C@H](CO)N1C[C@H](C)[C@@H](CN(C)C(=O)c2ccccc2)Oc2ncc(-c3ccc(C#N)cc3)cc2C1=O. The number of amides is 2. The molecule has 0 unspecified atom stereocenters. The van der Waals surface area contributed by atoms with Gasteiger partial charge >= 0.3 is 0 Å². The van der Waals surface area contributed by atoms with Crippen molar-refractivity contribution in [3.63, 3.8) is 0 Å². The number of fused-ring (bicyclic) bond motifs is 1. The molecule has 8 nitrogen and oxygen atoms in total. The highest BCUT2D eigenvalue weighted by molar-refractivity contribution is 5.98. The summed E-state index contributed by atoms with van der Waals surface area (Å²) in [6.07, 6.45) is 1.20. The van der Waals surface area contributed by atoms with Crippen LogP contribution in [0.5, 0.6) is 5.88 Å². The average molecular weight is 499 g/mol. The molecule has 2 aromatic carbocycles. The number of likely N-dealkylation sites (N-methyl/N-ethyl adjacent to an activating group) is 1. The number of ether oxygens (including phenoxy) is 1. The largest absolute Gasteiger partial charge is 0.472 e. The van der Waals surface area contributed by atoms with Crippen molar-refractivity contribution in [1.29, 1.82) is 5.26 Å². The van der Waals surface area contributed by atoms with Gasteiger partial charge in [-0.1, -0.05) is 37.3 Å². The monoisotopic (exact) mass is 498 g/mol. The zero-order valence-electron chi connectivity index (χ0n) is 21.2. The Morgan fingerprint density at radius 2 is 1.92 bits per heavy atom. The van der Waals surface area contributed by atoms with Gasteiger partial charge in [-0.15, -0.1) is 0 Å². The summed E-state index contributed by atoms with van der Waals surface area (Å²) in [6, 6.07) is 19.5. The van der Waals surface area contributed by atoms with E-state index in [0.717, 1.165) is 5.56 Å². The molecule has 190 valence electrons. The maximum Gasteiger partial charge on any atom is 0.259 e. The molecular formula is C29H30N4O4. The second-order valence-corrected chi connectivity index (χ2v) is 9.44. The van der Waals surface area contributed by atoms with E-state index < -0.39 is 12.1 Å². The number of nitrogens with zero attached hydrogens (tertiary/aromatic N) is 4. The molecular weight excluding hydrogens is 468 g/mol. The van der Waals surface area contributed by atoms with Crippen LogP contribution >= 0.6 is 0 Å². The Balaban J connectivity index is 1.68. The van der Waals surface area contributed by atoms with Crippen molar-refractivity contribution in [1.82, 2.24) is 14.8 Å². The Kier molecular flexibility index (Phi) is 7.85. The summed E-state index contributed by atoms with van der Waals surface area (Å²) >= 11 is 0. The van der Waals surface area contributed by atoms with Crippen LogP contribution in [0, 0.1) is 17.2 Å². The van der Waals surface area contributed by atoms with Gasteiger partial charge in [-0.05, 0) is 42.8 Å². The van der Waals surface area contributed by atoms with E-state index >= 15 is 0 Å². The number of benzene rings is 2. The van der Waals surface area contributed by atoms with Crippen LogP contribution in [0.25, 0.3) is 11.1 Å². The molecule has 0 aliphatic carbocycles. The lowest BCUT2D eigenvalue weighted by Crippen LogP contribution is -2.50. The van der Waals surface area contributed by atoms with Crippen LogP contribution < -0.4 is 4.74 Å². The van der Waals surface area contributed by atoms with E-state index in [9.17, 15) is 14.7 Å². The fourth-order valence-corrected chi connectivity index (χ4v) is 4.37. The standard InChI is InChI=1S/C29H30N4O4/c1-19-16-33(20(2)18-34)29(36)25-13-24(22-11-9-21(14-30)10-12-22)15-31-27(25)37-26(19)17-32(3)28(35)23-7-5-4-6-8-23/h4-13,15,19-20,26,34H,16-18H2,1-3H3/t19-,20+,26+/m0/s1. The molecule has 0 spiro atoms. The van der Waals surface area contributed by atoms with Gasteiger partial charge in [0.1, 0.15) is 11.7 Å². The Labute approximate surface area is 216 Å². The number of rotatable bonds is 6. The highest BCUT2D eigenvalue weighted by Crippen LogP contribution is 2.30. The zero-order chi connectivity index (χ0) is 26.5. The molecule has 3 aromatic rings. The van der Waals surface area contributed by atoms with Crippen molar-refractivity contribution in [2.45, 2.75) is 26.0 Å². The zero-order valence-corrected chi connectivity index (χ0v) is 21.2. The predicted octanol–water partition coefficient (Wildman–Crippen LogP) is 3.61. The first kappa shape index (κ1) is 25.9. The lowest BCUT2D eigenvalue weighted by atomic mass is 9.98. The van der Waals surface area contributed by atoms with Gasteiger partial charge in [0.15, 0.2) is 0 Å². The first-order valence-electron chi connectivity index (χ1n) is 12.2. The number of aliphatic hydroxyl groups excluding tert-OH is 1. The summed E-state index contributed by atoms with van der Waals surface area (Å²) in [5, 5.41) is 19.0. The molecule has 3 atom stereocenters. The van der Waals surface area contributed by atoms with Crippen LogP contribution in [0.4, 0.5) is 0 Å². The first-order valence-corrected chi connectivity index (χ1v) is 12.2. The molecule has 1 aliphatic heterocycles. The Hall–Kier alpha value is -4.22. The second kappa shape index (κ2) is 11.2. The van der Waals surface area contributed by atoms with Crippen molar-refractivity contribution < 1.29 is 19.4 Å². The lowest BCUT2D eigenvalue weighted by Gasteiger charge is -2.37. The van der Waals surface area contributed by atoms with E-state index in [1.54, 1.807) is 72.4 Å².